The fraction of sp³-hybridized carbons (Fsp3) is 0.750. The molecule has 0 aliphatic carbocycles. The molecule has 0 atom stereocenters. The van der Waals surface area contributed by atoms with Crippen LogP contribution in [0.15, 0.2) is 12.2 Å². The van der Waals surface area contributed by atoms with E-state index in [0.29, 0.717) is 12.2 Å². The Kier molecular flexibility index (Phi) is 17.4. The molecule has 7 nitrogen and oxygen atoms in total. The summed E-state index contributed by atoms with van der Waals surface area (Å²) in [6.45, 7) is 11.9. The van der Waals surface area contributed by atoms with Gasteiger partial charge in [-0.05, 0) is 41.4 Å². The molecule has 0 spiro atoms. The summed E-state index contributed by atoms with van der Waals surface area (Å²) in [5.41, 5.74) is 0.451. The van der Waals surface area contributed by atoms with Gasteiger partial charge in [0, 0.05) is 5.57 Å². The Morgan fingerprint density at radius 3 is 1.65 bits per heavy atom. The van der Waals surface area contributed by atoms with Crippen LogP contribution in [0.25, 0.3) is 0 Å². The Morgan fingerprint density at radius 2 is 1.60 bits per heavy atom. The van der Waals surface area contributed by atoms with E-state index in [4.69, 9.17) is 4.55 Å². The van der Waals surface area contributed by atoms with Crippen LogP contribution in [0.1, 0.15) is 27.7 Å². The van der Waals surface area contributed by atoms with E-state index in [0.717, 1.165) is 6.54 Å². The minimum absolute atomic E-state index is 0.0289. The average molecular weight is 313 g/mol. The van der Waals surface area contributed by atoms with Crippen molar-refractivity contribution in [3.63, 3.8) is 0 Å². The molecule has 0 rings (SSSR count). The maximum absolute atomic E-state index is 10.4. The van der Waals surface area contributed by atoms with Crippen LogP contribution in [0.4, 0.5) is 0 Å². The minimum atomic E-state index is -4.17. The highest BCUT2D eigenvalue weighted by molar-refractivity contribution is 7.80. The van der Waals surface area contributed by atoms with Crippen LogP contribution in [-0.2, 0) is 24.1 Å². The van der Waals surface area contributed by atoms with E-state index < -0.39 is 10.4 Å². The zero-order chi connectivity index (χ0) is 16.8. The van der Waals surface area contributed by atoms with Gasteiger partial charge in [0.2, 0.25) is 0 Å². The lowest BCUT2D eigenvalue weighted by molar-refractivity contribution is -0.138. The quantitative estimate of drug-likeness (QED) is 0.467. The smallest absolute Gasteiger partial charge is 0.397 e. The third kappa shape index (κ3) is 30.2. The molecule has 0 saturated heterocycles. The summed E-state index contributed by atoms with van der Waals surface area (Å²) in [5, 5.41) is 0. The SMILES string of the molecule is C=C(C)C(=O)OCC.CCN(C)C.CCOS(=O)(=O)O. The number of carbonyl (C=O) groups is 1. The standard InChI is InChI=1S/C6H10O2.C4H11N.C2H6O4S/c1-4-8-6(7)5(2)3;1-4-5(2)3;1-2-6-7(3,4)5/h2,4H2,1,3H3;4H2,1-3H3;2H2,1H3,(H,3,4,5). The summed E-state index contributed by atoms with van der Waals surface area (Å²) in [5.74, 6) is -0.312. The molecule has 0 aliphatic heterocycles. The van der Waals surface area contributed by atoms with Gasteiger partial charge in [0.05, 0.1) is 13.2 Å². The number of ether oxygens (including phenoxy) is 1. The van der Waals surface area contributed by atoms with Gasteiger partial charge in [-0.2, -0.15) is 8.42 Å². The molecule has 0 unspecified atom stereocenters. The van der Waals surface area contributed by atoms with E-state index in [-0.39, 0.29) is 12.6 Å². The molecule has 0 saturated carbocycles. The van der Waals surface area contributed by atoms with Crippen LogP contribution in [0.5, 0.6) is 0 Å². The Morgan fingerprint density at radius 1 is 1.20 bits per heavy atom. The molecular formula is C12H27NO6S. The van der Waals surface area contributed by atoms with E-state index >= 15 is 0 Å². The van der Waals surface area contributed by atoms with Gasteiger partial charge in [0.25, 0.3) is 0 Å². The van der Waals surface area contributed by atoms with Crippen molar-refractivity contribution < 1.29 is 26.7 Å². The van der Waals surface area contributed by atoms with Gasteiger partial charge in [-0.15, -0.1) is 0 Å². The number of esters is 1. The highest BCUT2D eigenvalue weighted by Crippen LogP contribution is 1.89. The lowest BCUT2D eigenvalue weighted by Crippen LogP contribution is -2.08. The Hall–Kier alpha value is -0.960. The van der Waals surface area contributed by atoms with Crippen LogP contribution in [-0.4, -0.2) is 57.7 Å². The molecule has 20 heavy (non-hydrogen) atoms. The molecule has 0 aromatic heterocycles. The fourth-order valence-corrected chi connectivity index (χ4v) is 0.701. The van der Waals surface area contributed by atoms with Crippen LogP contribution < -0.4 is 0 Å². The second kappa shape index (κ2) is 14.4. The highest BCUT2D eigenvalue weighted by Gasteiger charge is 1.98. The first-order valence-electron chi connectivity index (χ1n) is 6.10. The summed E-state index contributed by atoms with van der Waals surface area (Å²) in [6, 6.07) is 0. The predicted molar refractivity (Wildman–Crippen MR) is 78.8 cm³/mol. The molecule has 1 N–H and O–H groups in total. The highest BCUT2D eigenvalue weighted by atomic mass is 32.3. The fourth-order valence-electron chi connectivity index (χ4n) is 0.403. The molecule has 0 radical (unpaired) electrons. The number of carbonyl (C=O) groups excluding carboxylic acids is 1. The van der Waals surface area contributed by atoms with Crippen LogP contribution >= 0.6 is 0 Å². The third-order valence-corrected chi connectivity index (χ3v) is 2.06. The van der Waals surface area contributed by atoms with E-state index in [9.17, 15) is 13.2 Å². The zero-order valence-corrected chi connectivity index (χ0v) is 14.0. The van der Waals surface area contributed by atoms with E-state index in [2.05, 4.69) is 41.4 Å². The molecule has 0 aliphatic rings. The van der Waals surface area contributed by atoms with Crippen molar-refractivity contribution in [2.75, 3.05) is 33.9 Å². The molecular weight excluding hydrogens is 286 g/mol. The minimum Gasteiger partial charge on any atom is -0.463 e. The van der Waals surface area contributed by atoms with Crippen molar-refractivity contribution in [3.8, 4) is 0 Å². The van der Waals surface area contributed by atoms with Crippen LogP contribution in [0.3, 0.4) is 0 Å². The molecule has 0 bridgehead atoms. The molecule has 122 valence electrons. The first kappa shape index (κ1) is 24.1. The number of hydrogen-bond donors (Lipinski definition) is 1. The normalized spacial score (nSPS) is 9.80. The van der Waals surface area contributed by atoms with Crippen molar-refractivity contribution in [3.05, 3.63) is 12.2 Å². The lowest BCUT2D eigenvalue weighted by Gasteiger charge is -2.00. The van der Waals surface area contributed by atoms with Crippen molar-refractivity contribution >= 4 is 16.4 Å². The maximum Gasteiger partial charge on any atom is 0.397 e. The summed E-state index contributed by atoms with van der Waals surface area (Å²) in [4.78, 5) is 12.5. The molecule has 8 heteroatoms. The number of nitrogens with zero attached hydrogens (tertiary/aromatic N) is 1. The van der Waals surface area contributed by atoms with Gasteiger partial charge in [0.1, 0.15) is 0 Å². The number of rotatable bonds is 5. The van der Waals surface area contributed by atoms with Gasteiger partial charge >= 0.3 is 16.4 Å². The molecule has 0 amide bonds. The Balaban J connectivity index is -0.000000223. The average Bonchev–Trinajstić information content (AvgIpc) is 2.29. The van der Waals surface area contributed by atoms with Gasteiger partial charge in [-0.3, -0.25) is 4.55 Å². The van der Waals surface area contributed by atoms with E-state index in [1.165, 1.54) is 6.92 Å². The number of hydrogen-bond acceptors (Lipinski definition) is 6. The van der Waals surface area contributed by atoms with Crippen molar-refractivity contribution in [2.24, 2.45) is 0 Å². The van der Waals surface area contributed by atoms with Gasteiger partial charge in [-0.1, -0.05) is 13.5 Å². The van der Waals surface area contributed by atoms with Crippen LogP contribution in [0, 0.1) is 0 Å². The summed E-state index contributed by atoms with van der Waals surface area (Å²) in [6.07, 6.45) is 0. The van der Waals surface area contributed by atoms with E-state index in [1.807, 2.05) is 0 Å². The Labute approximate surface area is 122 Å². The van der Waals surface area contributed by atoms with Crippen LogP contribution in [0.2, 0.25) is 0 Å². The van der Waals surface area contributed by atoms with E-state index in [1.54, 1.807) is 13.8 Å². The predicted octanol–water partition coefficient (Wildman–Crippen LogP) is 1.52. The maximum atomic E-state index is 10.4. The molecule has 0 fully saturated rings. The van der Waals surface area contributed by atoms with Gasteiger partial charge < -0.3 is 9.64 Å². The Bertz CT molecular complexity index is 351. The van der Waals surface area contributed by atoms with Gasteiger partial charge in [0.15, 0.2) is 0 Å². The molecule has 0 aromatic rings. The zero-order valence-electron chi connectivity index (χ0n) is 13.2. The largest absolute Gasteiger partial charge is 0.463 e. The van der Waals surface area contributed by atoms with Gasteiger partial charge in [-0.25, -0.2) is 8.98 Å². The second-order valence-corrected chi connectivity index (χ2v) is 4.82. The van der Waals surface area contributed by atoms with Crippen molar-refractivity contribution in [1.29, 1.82) is 0 Å². The monoisotopic (exact) mass is 313 g/mol. The summed E-state index contributed by atoms with van der Waals surface area (Å²) >= 11 is 0. The first-order chi connectivity index (χ1) is 9.01. The topological polar surface area (TPSA) is 93.1 Å². The first-order valence-corrected chi connectivity index (χ1v) is 7.47. The van der Waals surface area contributed by atoms with Crippen molar-refractivity contribution in [2.45, 2.75) is 27.7 Å². The lowest BCUT2D eigenvalue weighted by atomic mass is 10.4. The second-order valence-electron chi connectivity index (χ2n) is 3.73. The molecule has 0 aromatic carbocycles. The van der Waals surface area contributed by atoms with Crippen molar-refractivity contribution in [1.82, 2.24) is 4.90 Å². The summed E-state index contributed by atoms with van der Waals surface area (Å²) in [7, 11) is -0.0631. The summed E-state index contributed by atoms with van der Waals surface area (Å²) < 4.78 is 35.2. The third-order valence-electron chi connectivity index (χ3n) is 1.52. The molecule has 0 heterocycles.